The summed E-state index contributed by atoms with van der Waals surface area (Å²) in [5, 5.41) is 18.3. The number of aryl methyl sites for hydroxylation is 2. The zero-order valence-electron chi connectivity index (χ0n) is 15.4. The molecule has 1 aliphatic rings. The van der Waals surface area contributed by atoms with Gasteiger partial charge >= 0.3 is 12.1 Å². The molecule has 1 aromatic carbocycles. The number of aromatic amines is 1. The number of piperidine rings is 1. The summed E-state index contributed by atoms with van der Waals surface area (Å²) in [6, 6.07) is 3.92. The quantitative estimate of drug-likeness (QED) is 0.697. The number of H-pyrrole nitrogens is 1. The predicted molar refractivity (Wildman–Crippen MR) is 98.7 cm³/mol. The summed E-state index contributed by atoms with van der Waals surface area (Å²) < 4.78 is 38.0. The average Bonchev–Trinajstić information content (AvgIpc) is 3.03. The van der Waals surface area contributed by atoms with E-state index in [1.54, 1.807) is 0 Å². The third-order valence-electron chi connectivity index (χ3n) is 4.17. The first-order chi connectivity index (χ1) is 13.1. The highest BCUT2D eigenvalue weighted by Crippen LogP contribution is 2.38. The monoisotopic (exact) mass is 419 g/mol. The van der Waals surface area contributed by atoms with Crippen molar-refractivity contribution in [3.8, 4) is 16.9 Å². The van der Waals surface area contributed by atoms with Crippen molar-refractivity contribution < 1.29 is 27.8 Å². The molecule has 0 radical (unpaired) electrons. The van der Waals surface area contributed by atoms with Crippen LogP contribution in [0.25, 0.3) is 11.1 Å². The lowest BCUT2D eigenvalue weighted by molar-refractivity contribution is -0.192. The summed E-state index contributed by atoms with van der Waals surface area (Å²) in [5.74, 6) is -1.83. The van der Waals surface area contributed by atoms with Crippen molar-refractivity contribution in [2.24, 2.45) is 0 Å². The Labute approximate surface area is 165 Å². The van der Waals surface area contributed by atoms with Crippen LogP contribution in [0.4, 0.5) is 13.2 Å². The van der Waals surface area contributed by atoms with Crippen molar-refractivity contribution in [2.75, 3.05) is 13.1 Å². The van der Waals surface area contributed by atoms with Crippen LogP contribution < -0.4 is 10.1 Å². The molecule has 0 unspecified atom stereocenters. The van der Waals surface area contributed by atoms with E-state index >= 15 is 0 Å². The van der Waals surface area contributed by atoms with E-state index in [4.69, 9.17) is 26.2 Å². The van der Waals surface area contributed by atoms with Crippen molar-refractivity contribution in [2.45, 2.75) is 39.0 Å². The molecule has 6 nitrogen and oxygen atoms in total. The molecule has 1 aliphatic heterocycles. The fourth-order valence-corrected chi connectivity index (χ4v) is 3.06. The maximum Gasteiger partial charge on any atom is 0.490 e. The van der Waals surface area contributed by atoms with Crippen molar-refractivity contribution >= 4 is 17.6 Å². The molecule has 3 N–H and O–H groups in total. The lowest BCUT2D eigenvalue weighted by Crippen LogP contribution is -2.34. The molecule has 0 amide bonds. The van der Waals surface area contributed by atoms with Gasteiger partial charge in [-0.1, -0.05) is 11.6 Å². The lowest BCUT2D eigenvalue weighted by Gasteiger charge is -2.26. The van der Waals surface area contributed by atoms with Crippen LogP contribution in [-0.4, -0.2) is 46.6 Å². The topological polar surface area (TPSA) is 87.2 Å². The number of nitrogens with zero attached hydrogens (tertiary/aromatic N) is 1. The summed E-state index contributed by atoms with van der Waals surface area (Å²) in [7, 11) is 0. The number of aliphatic carboxylic acids is 1. The van der Waals surface area contributed by atoms with E-state index in [1.165, 1.54) is 0 Å². The molecule has 154 valence electrons. The maximum absolute atomic E-state index is 10.6. The van der Waals surface area contributed by atoms with Gasteiger partial charge in [0.15, 0.2) is 0 Å². The molecule has 2 heterocycles. The Kier molecular flexibility index (Phi) is 7.31. The van der Waals surface area contributed by atoms with E-state index in [2.05, 4.69) is 15.5 Å². The molecule has 10 heteroatoms. The standard InChI is InChI=1S/C16H20ClN3O.C2HF3O2/c1-10-7-12(17)8-14(15-9-19-20-11(15)2)16(10)21-13-3-5-18-6-4-13;3-2(4,5)1(6)7/h7-9,13,18H,3-6H2,1-2H3,(H,19,20);(H,6,7). The van der Waals surface area contributed by atoms with Gasteiger partial charge in [-0.3, -0.25) is 5.10 Å². The summed E-state index contributed by atoms with van der Waals surface area (Å²) in [4.78, 5) is 8.90. The number of aromatic nitrogens is 2. The van der Waals surface area contributed by atoms with Crippen molar-refractivity contribution in [3.05, 3.63) is 34.6 Å². The molecule has 1 fully saturated rings. The number of carboxylic acid groups (broad SMARTS) is 1. The van der Waals surface area contributed by atoms with Crippen LogP contribution in [0.3, 0.4) is 0 Å². The number of hydrogen-bond donors (Lipinski definition) is 3. The van der Waals surface area contributed by atoms with Gasteiger partial charge in [-0.25, -0.2) is 4.79 Å². The highest BCUT2D eigenvalue weighted by molar-refractivity contribution is 6.31. The molecule has 28 heavy (non-hydrogen) atoms. The van der Waals surface area contributed by atoms with Gasteiger partial charge in [0.1, 0.15) is 11.9 Å². The van der Waals surface area contributed by atoms with Crippen LogP contribution in [0.5, 0.6) is 5.75 Å². The SMILES string of the molecule is Cc1cc(Cl)cc(-c2cn[nH]c2C)c1OC1CCNCC1.O=C(O)C(F)(F)F. The number of rotatable bonds is 3. The minimum Gasteiger partial charge on any atom is -0.489 e. The van der Waals surface area contributed by atoms with E-state index in [1.807, 2.05) is 32.2 Å². The van der Waals surface area contributed by atoms with Gasteiger partial charge in [0.2, 0.25) is 0 Å². The van der Waals surface area contributed by atoms with Gasteiger partial charge in [-0.2, -0.15) is 18.3 Å². The van der Waals surface area contributed by atoms with E-state index in [0.29, 0.717) is 0 Å². The molecular weight excluding hydrogens is 399 g/mol. The Morgan fingerprint density at radius 1 is 1.25 bits per heavy atom. The molecule has 0 aliphatic carbocycles. The predicted octanol–water partition coefficient (Wildman–Crippen LogP) is 4.11. The zero-order valence-corrected chi connectivity index (χ0v) is 16.1. The minimum absolute atomic E-state index is 0.261. The number of nitrogens with one attached hydrogen (secondary N) is 2. The zero-order chi connectivity index (χ0) is 20.9. The maximum atomic E-state index is 10.6. The summed E-state index contributed by atoms with van der Waals surface area (Å²) in [6.45, 7) is 6.07. The van der Waals surface area contributed by atoms with Crippen LogP contribution in [-0.2, 0) is 4.79 Å². The first-order valence-corrected chi connectivity index (χ1v) is 8.95. The molecular formula is C18H21ClF3N3O3. The second-order valence-corrected chi connectivity index (χ2v) is 6.81. The number of carboxylic acids is 1. The molecule has 0 bridgehead atoms. The Morgan fingerprint density at radius 2 is 1.86 bits per heavy atom. The minimum atomic E-state index is -5.08. The molecule has 0 spiro atoms. The van der Waals surface area contributed by atoms with Gasteiger partial charge in [0, 0.05) is 21.8 Å². The number of alkyl halides is 3. The number of benzene rings is 1. The molecule has 3 rings (SSSR count). The van der Waals surface area contributed by atoms with Gasteiger partial charge in [0.25, 0.3) is 0 Å². The third-order valence-corrected chi connectivity index (χ3v) is 4.39. The molecule has 0 atom stereocenters. The summed E-state index contributed by atoms with van der Waals surface area (Å²) >= 11 is 6.24. The molecule has 0 saturated carbocycles. The smallest absolute Gasteiger partial charge is 0.489 e. The van der Waals surface area contributed by atoms with Crippen LogP contribution in [0.1, 0.15) is 24.1 Å². The van der Waals surface area contributed by atoms with Crippen LogP contribution in [0.2, 0.25) is 5.02 Å². The van der Waals surface area contributed by atoms with E-state index in [0.717, 1.165) is 59.1 Å². The van der Waals surface area contributed by atoms with Crippen LogP contribution >= 0.6 is 11.6 Å². The number of hydrogen-bond acceptors (Lipinski definition) is 4. The average molecular weight is 420 g/mol. The van der Waals surface area contributed by atoms with Crippen molar-refractivity contribution in [1.29, 1.82) is 0 Å². The summed E-state index contributed by atoms with van der Waals surface area (Å²) in [6.07, 6.45) is -0.926. The van der Waals surface area contributed by atoms with Crippen molar-refractivity contribution in [3.63, 3.8) is 0 Å². The fourth-order valence-electron chi connectivity index (χ4n) is 2.79. The highest BCUT2D eigenvalue weighted by atomic mass is 35.5. The molecule has 2 aromatic rings. The highest BCUT2D eigenvalue weighted by Gasteiger charge is 2.38. The number of ether oxygens (including phenoxy) is 1. The largest absolute Gasteiger partial charge is 0.490 e. The van der Waals surface area contributed by atoms with Crippen LogP contribution in [0.15, 0.2) is 18.3 Å². The van der Waals surface area contributed by atoms with E-state index < -0.39 is 12.1 Å². The number of halogens is 4. The molecule has 1 aromatic heterocycles. The van der Waals surface area contributed by atoms with E-state index in [9.17, 15) is 13.2 Å². The summed E-state index contributed by atoms with van der Waals surface area (Å²) in [5.41, 5.74) is 4.15. The second-order valence-electron chi connectivity index (χ2n) is 6.38. The van der Waals surface area contributed by atoms with Crippen molar-refractivity contribution in [1.82, 2.24) is 15.5 Å². The lowest BCUT2D eigenvalue weighted by atomic mass is 10.0. The fraction of sp³-hybridized carbons (Fsp3) is 0.444. The molecule has 1 saturated heterocycles. The van der Waals surface area contributed by atoms with Crippen LogP contribution in [0, 0.1) is 13.8 Å². The van der Waals surface area contributed by atoms with Gasteiger partial charge in [0.05, 0.1) is 6.20 Å². The normalized spacial score (nSPS) is 14.9. The Balaban J connectivity index is 0.000000345. The Morgan fingerprint density at radius 3 is 2.36 bits per heavy atom. The first kappa shape index (κ1) is 22.0. The van der Waals surface area contributed by atoms with E-state index in [-0.39, 0.29) is 6.10 Å². The Hall–Kier alpha value is -2.26. The Bertz CT molecular complexity index is 818. The van der Waals surface area contributed by atoms with Gasteiger partial charge in [-0.05, 0) is 57.5 Å². The van der Waals surface area contributed by atoms with Gasteiger partial charge < -0.3 is 15.2 Å². The third kappa shape index (κ3) is 5.87. The van der Waals surface area contributed by atoms with Gasteiger partial charge in [-0.15, -0.1) is 0 Å². The number of carbonyl (C=O) groups is 1. The first-order valence-electron chi connectivity index (χ1n) is 8.57. The second kappa shape index (κ2) is 9.29.